The number of primary amides is 1. The van der Waals surface area contributed by atoms with Crippen molar-refractivity contribution in [3.63, 3.8) is 0 Å². The van der Waals surface area contributed by atoms with Gasteiger partial charge < -0.3 is 19.8 Å². The van der Waals surface area contributed by atoms with Gasteiger partial charge in [-0.15, -0.1) is 0 Å². The van der Waals surface area contributed by atoms with Gasteiger partial charge in [0.05, 0.1) is 0 Å². The second-order valence-electron chi connectivity index (χ2n) is 6.71. The molecule has 0 aliphatic rings. The molecular weight excluding hydrogens is 384 g/mol. The molecule has 0 saturated heterocycles. The Balaban J connectivity index is 1.73. The number of aryl methyl sites for hydroxylation is 1. The zero-order valence-corrected chi connectivity index (χ0v) is 16.8. The van der Waals surface area contributed by atoms with E-state index in [1.165, 1.54) is 12.1 Å². The van der Waals surface area contributed by atoms with Gasteiger partial charge in [-0.1, -0.05) is 30.3 Å². The number of esters is 1. The molecule has 30 heavy (non-hydrogen) atoms. The highest BCUT2D eigenvalue weighted by Gasteiger charge is 2.20. The number of amides is 1. The fraction of sp³-hybridized carbons (Fsp3) is 0.174. The van der Waals surface area contributed by atoms with Gasteiger partial charge in [-0.05, 0) is 44.2 Å². The van der Waals surface area contributed by atoms with Gasteiger partial charge in [0.25, 0.3) is 5.91 Å². The SMILES string of the molecule is Cc1cc(C(=O)COC(=O)c2ccccc2OCC(N)=O)c(C)n1-c1ccccc1. The number of aromatic nitrogens is 1. The Morgan fingerprint density at radius 1 is 0.900 bits per heavy atom. The van der Waals surface area contributed by atoms with Crippen LogP contribution < -0.4 is 10.5 Å². The molecule has 3 rings (SSSR count). The van der Waals surface area contributed by atoms with E-state index in [-0.39, 0.29) is 23.7 Å². The van der Waals surface area contributed by atoms with Gasteiger partial charge in [0.1, 0.15) is 11.3 Å². The van der Waals surface area contributed by atoms with E-state index in [0.29, 0.717) is 5.56 Å². The lowest BCUT2D eigenvalue weighted by atomic mass is 10.1. The number of rotatable bonds is 8. The zero-order chi connectivity index (χ0) is 21.7. The smallest absolute Gasteiger partial charge is 0.342 e. The number of benzene rings is 2. The molecule has 154 valence electrons. The predicted octanol–water partition coefficient (Wildman–Crippen LogP) is 3.00. The van der Waals surface area contributed by atoms with E-state index in [0.717, 1.165) is 17.1 Å². The number of nitrogens with two attached hydrogens (primary N) is 1. The van der Waals surface area contributed by atoms with Crippen LogP contribution in [0, 0.1) is 13.8 Å². The number of ketones is 1. The lowest BCUT2D eigenvalue weighted by Crippen LogP contribution is -2.21. The van der Waals surface area contributed by atoms with Gasteiger partial charge in [0.15, 0.2) is 13.2 Å². The van der Waals surface area contributed by atoms with Crippen molar-refractivity contribution in [2.45, 2.75) is 13.8 Å². The Hall–Kier alpha value is -3.87. The lowest BCUT2D eigenvalue weighted by Gasteiger charge is -2.11. The summed E-state index contributed by atoms with van der Waals surface area (Å²) in [5, 5.41) is 0. The highest BCUT2D eigenvalue weighted by atomic mass is 16.5. The normalized spacial score (nSPS) is 10.5. The number of nitrogens with zero attached hydrogens (tertiary/aromatic N) is 1. The van der Waals surface area contributed by atoms with E-state index >= 15 is 0 Å². The minimum absolute atomic E-state index is 0.112. The first-order valence-corrected chi connectivity index (χ1v) is 9.33. The molecule has 1 aromatic heterocycles. The van der Waals surface area contributed by atoms with Crippen molar-refractivity contribution in [2.24, 2.45) is 5.73 Å². The summed E-state index contributed by atoms with van der Waals surface area (Å²) in [6.45, 7) is 2.98. The van der Waals surface area contributed by atoms with Crippen molar-refractivity contribution in [1.29, 1.82) is 0 Å². The number of carbonyl (C=O) groups is 3. The van der Waals surface area contributed by atoms with Crippen molar-refractivity contribution in [1.82, 2.24) is 4.57 Å². The van der Waals surface area contributed by atoms with E-state index in [9.17, 15) is 14.4 Å². The summed E-state index contributed by atoms with van der Waals surface area (Å²) in [7, 11) is 0. The molecule has 0 fully saturated rings. The summed E-state index contributed by atoms with van der Waals surface area (Å²) >= 11 is 0. The predicted molar refractivity (Wildman–Crippen MR) is 111 cm³/mol. The van der Waals surface area contributed by atoms with Crippen LogP contribution in [0.2, 0.25) is 0 Å². The maximum absolute atomic E-state index is 12.7. The summed E-state index contributed by atoms with van der Waals surface area (Å²) in [5.41, 5.74) is 8.29. The Kier molecular flexibility index (Phi) is 6.32. The highest BCUT2D eigenvalue weighted by Crippen LogP contribution is 2.22. The van der Waals surface area contributed by atoms with Crippen LogP contribution in [0.4, 0.5) is 0 Å². The molecule has 2 N–H and O–H groups in total. The number of para-hydroxylation sites is 2. The minimum Gasteiger partial charge on any atom is -0.483 e. The first-order chi connectivity index (χ1) is 14.4. The maximum Gasteiger partial charge on any atom is 0.342 e. The van der Waals surface area contributed by atoms with Gasteiger partial charge >= 0.3 is 5.97 Å². The Labute approximate surface area is 174 Å². The second-order valence-corrected chi connectivity index (χ2v) is 6.71. The quantitative estimate of drug-likeness (QED) is 0.458. The molecule has 1 heterocycles. The maximum atomic E-state index is 12.7. The fourth-order valence-corrected chi connectivity index (χ4v) is 3.22. The Bertz CT molecular complexity index is 1090. The standard InChI is InChI=1S/C23H22N2O5/c1-15-12-19(16(2)25(15)17-8-4-3-5-9-17)20(26)13-30-23(28)18-10-6-7-11-21(18)29-14-22(24)27/h3-12H,13-14H2,1-2H3,(H2,24,27). The third-order valence-electron chi connectivity index (χ3n) is 4.56. The molecule has 0 aliphatic heterocycles. The van der Waals surface area contributed by atoms with Crippen molar-refractivity contribution in [3.05, 3.63) is 83.2 Å². The summed E-state index contributed by atoms with van der Waals surface area (Å²) < 4.78 is 12.4. The van der Waals surface area contributed by atoms with E-state index in [4.69, 9.17) is 15.2 Å². The second kappa shape index (κ2) is 9.09. The minimum atomic E-state index is -0.722. The van der Waals surface area contributed by atoms with E-state index < -0.39 is 18.5 Å². The van der Waals surface area contributed by atoms with Gasteiger partial charge in [0, 0.05) is 22.6 Å². The number of Topliss-reactive ketones (excluding diaryl/α,β-unsaturated/α-hetero) is 1. The average Bonchev–Trinajstić information content (AvgIpc) is 3.05. The molecule has 0 spiro atoms. The molecule has 3 aromatic rings. The number of ether oxygens (including phenoxy) is 2. The van der Waals surface area contributed by atoms with Gasteiger partial charge in [-0.3, -0.25) is 9.59 Å². The van der Waals surface area contributed by atoms with Crippen LogP contribution in [0.25, 0.3) is 5.69 Å². The molecule has 7 heteroatoms. The molecule has 0 atom stereocenters. The van der Waals surface area contributed by atoms with Crippen LogP contribution in [0.3, 0.4) is 0 Å². The largest absolute Gasteiger partial charge is 0.483 e. The van der Waals surface area contributed by atoms with Crippen LogP contribution in [-0.4, -0.2) is 35.4 Å². The molecule has 0 aliphatic carbocycles. The van der Waals surface area contributed by atoms with E-state index in [1.54, 1.807) is 18.2 Å². The molecule has 0 unspecified atom stereocenters. The highest BCUT2D eigenvalue weighted by molar-refractivity contribution is 6.01. The van der Waals surface area contributed by atoms with Crippen LogP contribution in [0.5, 0.6) is 5.75 Å². The first-order valence-electron chi connectivity index (χ1n) is 9.33. The Morgan fingerprint density at radius 2 is 1.57 bits per heavy atom. The van der Waals surface area contributed by atoms with Crippen LogP contribution in [0.1, 0.15) is 32.1 Å². The third kappa shape index (κ3) is 4.57. The summed E-state index contributed by atoms with van der Waals surface area (Å²) in [5.74, 6) is -1.53. The van der Waals surface area contributed by atoms with E-state index in [2.05, 4.69) is 0 Å². The molecule has 7 nitrogen and oxygen atoms in total. The topological polar surface area (TPSA) is 101 Å². The number of carbonyl (C=O) groups excluding carboxylic acids is 3. The van der Waals surface area contributed by atoms with Crippen molar-refractivity contribution < 1.29 is 23.9 Å². The average molecular weight is 406 g/mol. The monoisotopic (exact) mass is 406 g/mol. The first kappa shape index (κ1) is 20.9. The third-order valence-corrected chi connectivity index (χ3v) is 4.56. The number of hydrogen-bond donors (Lipinski definition) is 1. The summed E-state index contributed by atoms with van der Waals surface area (Å²) in [4.78, 5) is 36.1. The molecular formula is C23H22N2O5. The molecule has 1 amide bonds. The van der Waals surface area contributed by atoms with Gasteiger partial charge in [0.2, 0.25) is 5.78 Å². The van der Waals surface area contributed by atoms with E-state index in [1.807, 2.05) is 48.7 Å². The zero-order valence-electron chi connectivity index (χ0n) is 16.8. The van der Waals surface area contributed by atoms with Gasteiger partial charge in [-0.25, -0.2) is 4.79 Å². The molecule has 0 bridgehead atoms. The number of hydrogen-bond acceptors (Lipinski definition) is 5. The Morgan fingerprint density at radius 3 is 2.27 bits per heavy atom. The van der Waals surface area contributed by atoms with Crippen molar-refractivity contribution >= 4 is 17.7 Å². The van der Waals surface area contributed by atoms with Crippen molar-refractivity contribution in [3.8, 4) is 11.4 Å². The lowest BCUT2D eigenvalue weighted by molar-refractivity contribution is -0.119. The van der Waals surface area contributed by atoms with Crippen LogP contribution in [0.15, 0.2) is 60.7 Å². The molecule has 0 radical (unpaired) electrons. The molecule has 2 aromatic carbocycles. The molecule has 0 saturated carbocycles. The van der Waals surface area contributed by atoms with Crippen LogP contribution >= 0.6 is 0 Å². The van der Waals surface area contributed by atoms with Crippen LogP contribution in [-0.2, 0) is 9.53 Å². The van der Waals surface area contributed by atoms with Crippen molar-refractivity contribution in [2.75, 3.05) is 13.2 Å². The summed E-state index contributed by atoms with van der Waals surface area (Å²) in [6.07, 6.45) is 0. The fourth-order valence-electron chi connectivity index (χ4n) is 3.22. The van der Waals surface area contributed by atoms with Gasteiger partial charge in [-0.2, -0.15) is 0 Å². The summed E-state index contributed by atoms with van der Waals surface area (Å²) in [6, 6.07) is 17.8.